The molecule has 0 aliphatic heterocycles. The number of hydrogen-bond donors (Lipinski definition) is 1. The lowest BCUT2D eigenvalue weighted by atomic mass is 9.78. The maximum atomic E-state index is 13.5. The molecule has 1 atom stereocenters. The van der Waals surface area contributed by atoms with Gasteiger partial charge in [0, 0.05) is 21.0 Å². The zero-order valence-corrected chi connectivity index (χ0v) is 21.4. The molecule has 0 spiro atoms. The summed E-state index contributed by atoms with van der Waals surface area (Å²) in [6.07, 6.45) is 11.1. The predicted octanol–water partition coefficient (Wildman–Crippen LogP) is 8.38. The third-order valence-corrected chi connectivity index (χ3v) is 7.05. The third kappa shape index (κ3) is 4.96. The van der Waals surface area contributed by atoms with Crippen LogP contribution in [-0.4, -0.2) is 17.0 Å². The molecule has 2 aliphatic rings. The summed E-state index contributed by atoms with van der Waals surface area (Å²) in [7, 11) is 0. The number of pyridine rings is 1. The monoisotopic (exact) mass is 506 g/mol. The number of allylic oxidation sites excluding steroid dienone is 3. The Labute approximate surface area is 216 Å². The van der Waals surface area contributed by atoms with Crippen LogP contribution < -0.4 is 10.1 Å². The van der Waals surface area contributed by atoms with Crippen LogP contribution in [0.5, 0.6) is 5.75 Å². The zero-order chi connectivity index (χ0) is 24.5. The van der Waals surface area contributed by atoms with Crippen LogP contribution in [0.15, 0.2) is 65.9 Å². The first-order valence-electron chi connectivity index (χ1n) is 12.1. The van der Waals surface area contributed by atoms with Gasteiger partial charge in [0.15, 0.2) is 5.75 Å². The second kappa shape index (κ2) is 10.0. The normalized spacial score (nSPS) is 17.6. The van der Waals surface area contributed by atoms with Gasteiger partial charge in [0.2, 0.25) is 5.91 Å². The lowest BCUT2D eigenvalue weighted by Gasteiger charge is -2.28. The molecule has 1 aromatic heterocycles. The van der Waals surface area contributed by atoms with E-state index in [1.54, 1.807) is 12.3 Å². The van der Waals surface area contributed by atoms with Crippen LogP contribution in [0, 0.1) is 5.92 Å². The number of nitrogens with one attached hydrogen (secondary N) is 1. The number of para-hydroxylation sites is 1. The van der Waals surface area contributed by atoms with Crippen molar-refractivity contribution in [2.24, 2.45) is 5.92 Å². The number of aromatic nitrogens is 1. The first-order valence-corrected chi connectivity index (χ1v) is 12.9. The van der Waals surface area contributed by atoms with E-state index < -0.39 is 0 Å². The molecule has 1 unspecified atom stereocenters. The van der Waals surface area contributed by atoms with Crippen molar-refractivity contribution in [2.45, 2.75) is 52.1 Å². The SMILES string of the molecule is CC(C)Oc1c(NC(=O)C2CCCC3=C2C=CCC3)cnc2c(-c3cc(Cl)cc(Cl)c3)cccc12. The molecule has 0 bridgehead atoms. The molecule has 3 aromatic rings. The van der Waals surface area contributed by atoms with Crippen molar-refractivity contribution >= 4 is 45.7 Å². The first-order chi connectivity index (χ1) is 16.9. The molecule has 1 amide bonds. The summed E-state index contributed by atoms with van der Waals surface area (Å²) in [6, 6.07) is 11.4. The van der Waals surface area contributed by atoms with Crippen LogP contribution in [-0.2, 0) is 4.79 Å². The van der Waals surface area contributed by atoms with E-state index >= 15 is 0 Å². The van der Waals surface area contributed by atoms with Crippen LogP contribution in [0.25, 0.3) is 22.0 Å². The standard InChI is InChI=1S/C29H28Cl2N2O2/c1-17(2)35-28-25-12-6-10-23(19-13-20(30)15-21(31)14-19)27(25)32-16-26(28)33-29(34)24-11-5-8-18-7-3-4-9-22(18)24/h4,6,9-10,12-17,24H,3,5,7-8,11H2,1-2H3,(H,33,34). The van der Waals surface area contributed by atoms with Crippen molar-refractivity contribution in [3.05, 3.63) is 75.9 Å². The smallest absolute Gasteiger partial charge is 0.232 e. The number of fused-ring (bicyclic) bond motifs is 1. The molecule has 5 rings (SSSR count). The van der Waals surface area contributed by atoms with Gasteiger partial charge in [-0.25, -0.2) is 0 Å². The van der Waals surface area contributed by atoms with E-state index in [-0.39, 0.29) is 17.9 Å². The number of ether oxygens (including phenoxy) is 1. The van der Waals surface area contributed by atoms with Gasteiger partial charge in [-0.15, -0.1) is 0 Å². The van der Waals surface area contributed by atoms with Gasteiger partial charge in [-0.05, 0) is 81.4 Å². The van der Waals surface area contributed by atoms with Gasteiger partial charge < -0.3 is 10.1 Å². The number of amides is 1. The summed E-state index contributed by atoms with van der Waals surface area (Å²) >= 11 is 12.5. The molecule has 1 N–H and O–H groups in total. The van der Waals surface area contributed by atoms with E-state index in [0.717, 1.165) is 54.1 Å². The topological polar surface area (TPSA) is 51.2 Å². The summed E-state index contributed by atoms with van der Waals surface area (Å²) in [6.45, 7) is 3.95. The van der Waals surface area contributed by atoms with Crippen molar-refractivity contribution in [1.82, 2.24) is 4.98 Å². The molecule has 4 nitrogen and oxygen atoms in total. The highest BCUT2D eigenvalue weighted by Crippen LogP contribution is 2.40. The summed E-state index contributed by atoms with van der Waals surface area (Å²) in [5, 5.41) is 5.10. The van der Waals surface area contributed by atoms with E-state index in [1.807, 2.05) is 44.2 Å². The summed E-state index contributed by atoms with van der Waals surface area (Å²) < 4.78 is 6.26. The number of rotatable bonds is 5. The molecule has 2 aliphatic carbocycles. The van der Waals surface area contributed by atoms with Gasteiger partial charge in [-0.3, -0.25) is 9.78 Å². The van der Waals surface area contributed by atoms with Crippen LogP contribution in [0.3, 0.4) is 0 Å². The first kappa shape index (κ1) is 23.9. The summed E-state index contributed by atoms with van der Waals surface area (Å²) in [5.74, 6) is 0.478. The zero-order valence-electron chi connectivity index (χ0n) is 19.9. The number of halogens is 2. The minimum Gasteiger partial charge on any atom is -0.488 e. The fourth-order valence-electron chi connectivity index (χ4n) is 5.12. The Kier molecular flexibility index (Phi) is 6.86. The Hall–Kier alpha value is -2.82. The fraction of sp³-hybridized carbons (Fsp3) is 0.310. The van der Waals surface area contributed by atoms with E-state index in [4.69, 9.17) is 32.9 Å². The fourth-order valence-corrected chi connectivity index (χ4v) is 5.65. The van der Waals surface area contributed by atoms with E-state index in [0.29, 0.717) is 21.5 Å². The number of carbonyl (C=O) groups is 1. The average Bonchev–Trinajstić information content (AvgIpc) is 2.83. The average molecular weight is 507 g/mol. The van der Waals surface area contributed by atoms with E-state index in [2.05, 4.69) is 17.5 Å². The molecule has 1 heterocycles. The van der Waals surface area contributed by atoms with Gasteiger partial charge >= 0.3 is 0 Å². The molecule has 0 saturated carbocycles. The molecule has 0 radical (unpaired) electrons. The van der Waals surface area contributed by atoms with Crippen LogP contribution >= 0.6 is 23.2 Å². The molecule has 180 valence electrons. The van der Waals surface area contributed by atoms with Gasteiger partial charge in [0.25, 0.3) is 0 Å². The minimum absolute atomic E-state index is 0.00344. The maximum absolute atomic E-state index is 13.5. The van der Waals surface area contributed by atoms with Gasteiger partial charge in [-0.2, -0.15) is 0 Å². The second-order valence-electron chi connectivity index (χ2n) is 9.46. The van der Waals surface area contributed by atoms with Crippen molar-refractivity contribution in [3.63, 3.8) is 0 Å². The molecule has 6 heteroatoms. The van der Waals surface area contributed by atoms with Gasteiger partial charge in [0.1, 0.15) is 5.69 Å². The minimum atomic E-state index is -0.141. The van der Waals surface area contributed by atoms with E-state index in [9.17, 15) is 4.79 Å². The Balaban J connectivity index is 1.56. The molecular weight excluding hydrogens is 479 g/mol. The predicted molar refractivity (Wildman–Crippen MR) is 144 cm³/mol. The van der Waals surface area contributed by atoms with Gasteiger partial charge in [-0.1, -0.05) is 53.1 Å². The lowest BCUT2D eigenvalue weighted by Crippen LogP contribution is -2.28. The summed E-state index contributed by atoms with van der Waals surface area (Å²) in [5.41, 5.74) is 5.74. The molecular formula is C29H28Cl2N2O2. The third-order valence-electron chi connectivity index (χ3n) is 6.61. The second-order valence-corrected chi connectivity index (χ2v) is 10.3. The van der Waals surface area contributed by atoms with Crippen molar-refractivity contribution < 1.29 is 9.53 Å². The number of hydrogen-bond acceptors (Lipinski definition) is 3. The summed E-state index contributed by atoms with van der Waals surface area (Å²) in [4.78, 5) is 18.2. The van der Waals surface area contributed by atoms with Crippen molar-refractivity contribution in [3.8, 4) is 16.9 Å². The van der Waals surface area contributed by atoms with Crippen molar-refractivity contribution in [2.75, 3.05) is 5.32 Å². The Bertz CT molecular complexity index is 1340. The molecule has 0 fully saturated rings. The van der Waals surface area contributed by atoms with Gasteiger partial charge in [0.05, 0.1) is 23.7 Å². The molecule has 2 aromatic carbocycles. The quantitative estimate of drug-likeness (QED) is 0.377. The Morgan fingerprint density at radius 1 is 1.14 bits per heavy atom. The number of carbonyl (C=O) groups excluding carboxylic acids is 1. The maximum Gasteiger partial charge on any atom is 0.232 e. The molecule has 35 heavy (non-hydrogen) atoms. The Morgan fingerprint density at radius 2 is 1.94 bits per heavy atom. The van der Waals surface area contributed by atoms with Crippen molar-refractivity contribution in [1.29, 1.82) is 0 Å². The number of nitrogens with zero attached hydrogens (tertiary/aromatic N) is 1. The highest BCUT2D eigenvalue weighted by atomic mass is 35.5. The number of anilines is 1. The Morgan fingerprint density at radius 3 is 2.71 bits per heavy atom. The highest BCUT2D eigenvalue weighted by Gasteiger charge is 2.29. The molecule has 0 saturated heterocycles. The van der Waals surface area contributed by atoms with Crippen LogP contribution in [0.4, 0.5) is 5.69 Å². The van der Waals surface area contributed by atoms with Crippen LogP contribution in [0.1, 0.15) is 46.0 Å². The highest BCUT2D eigenvalue weighted by molar-refractivity contribution is 6.35. The van der Waals surface area contributed by atoms with Crippen LogP contribution in [0.2, 0.25) is 10.0 Å². The number of benzene rings is 2. The largest absolute Gasteiger partial charge is 0.488 e. The van der Waals surface area contributed by atoms with E-state index in [1.165, 1.54) is 11.1 Å². The lowest BCUT2D eigenvalue weighted by molar-refractivity contribution is -0.119.